The summed E-state index contributed by atoms with van der Waals surface area (Å²) in [7, 11) is 0. The molecule has 0 heterocycles. The van der Waals surface area contributed by atoms with Crippen LogP contribution < -0.4 is 21.7 Å². The first-order valence-corrected chi connectivity index (χ1v) is 11.0. The molecule has 0 saturated heterocycles. The summed E-state index contributed by atoms with van der Waals surface area (Å²) in [6, 6.07) is -5.14. The van der Waals surface area contributed by atoms with Crippen molar-refractivity contribution in [1.29, 1.82) is 0 Å². The van der Waals surface area contributed by atoms with Crippen LogP contribution in [0.25, 0.3) is 0 Å². The van der Waals surface area contributed by atoms with Crippen LogP contribution in [-0.4, -0.2) is 87.8 Å². The van der Waals surface area contributed by atoms with Gasteiger partial charge in [-0.15, -0.1) is 0 Å². The molecule has 0 aliphatic rings. The maximum Gasteiger partial charge on any atom is 0.326 e. The molecule has 0 bridgehead atoms. The Balaban J connectivity index is 5.22. The van der Waals surface area contributed by atoms with Crippen LogP contribution in [0.4, 0.5) is 0 Å². The van der Waals surface area contributed by atoms with Gasteiger partial charge in [-0.3, -0.25) is 19.2 Å². The average molecular weight is 465 g/mol. The van der Waals surface area contributed by atoms with Gasteiger partial charge in [0.15, 0.2) is 0 Å². The van der Waals surface area contributed by atoms with Gasteiger partial charge in [0.2, 0.25) is 17.7 Å². The van der Waals surface area contributed by atoms with Gasteiger partial charge in [0.1, 0.15) is 18.1 Å². The second-order valence-corrected chi connectivity index (χ2v) is 8.31. The molecule has 13 heteroatoms. The number of thioether (sulfide) groups is 1. The minimum Gasteiger partial charge on any atom is -0.481 e. The fourth-order valence-corrected chi connectivity index (χ4v) is 2.98. The normalized spacial score (nSPS) is 14.8. The molecule has 3 amide bonds. The quantitative estimate of drug-likeness (QED) is 0.143. The number of hydrogen-bond acceptors (Lipinski definition) is 8. The fourth-order valence-electron chi connectivity index (χ4n) is 2.51. The van der Waals surface area contributed by atoms with Gasteiger partial charge in [0, 0.05) is 0 Å². The van der Waals surface area contributed by atoms with Crippen molar-refractivity contribution in [3.05, 3.63) is 0 Å². The second kappa shape index (κ2) is 14.6. The molecule has 4 unspecified atom stereocenters. The van der Waals surface area contributed by atoms with Crippen LogP contribution in [0.2, 0.25) is 0 Å². The van der Waals surface area contributed by atoms with E-state index < -0.39 is 66.9 Å². The van der Waals surface area contributed by atoms with E-state index >= 15 is 0 Å². The second-order valence-electron chi connectivity index (χ2n) is 7.32. The first kappa shape index (κ1) is 28.6. The third-order valence-corrected chi connectivity index (χ3v) is 4.76. The highest BCUT2D eigenvalue weighted by Crippen LogP contribution is 2.05. The Labute approximate surface area is 184 Å². The Kier molecular flexibility index (Phi) is 13.5. The fraction of sp³-hybridized carbons (Fsp3) is 0.722. The Morgan fingerprint density at radius 2 is 1.42 bits per heavy atom. The highest BCUT2D eigenvalue weighted by molar-refractivity contribution is 7.98. The molecule has 31 heavy (non-hydrogen) atoms. The lowest BCUT2D eigenvalue weighted by molar-refractivity contribution is -0.147. The lowest BCUT2D eigenvalue weighted by Crippen LogP contribution is -2.58. The van der Waals surface area contributed by atoms with Gasteiger partial charge in [-0.1, -0.05) is 13.8 Å². The SMILES string of the molecule is CSCCC(NC(=O)C(CO)NC(=O)C(N)CC(C)C)C(=O)NC(CC(=O)O)C(=O)O. The summed E-state index contributed by atoms with van der Waals surface area (Å²) in [4.78, 5) is 59.1. The highest BCUT2D eigenvalue weighted by Gasteiger charge is 2.30. The maximum absolute atomic E-state index is 12.5. The molecule has 178 valence electrons. The third-order valence-electron chi connectivity index (χ3n) is 4.11. The molecular weight excluding hydrogens is 432 g/mol. The standard InChI is InChI=1S/C18H32N4O8S/c1-9(2)6-10(19)15(26)22-13(8-23)17(28)20-11(4-5-31-3)16(27)21-12(18(29)30)7-14(24)25/h9-13,23H,4-8,19H2,1-3H3,(H,20,28)(H,21,27)(H,22,26)(H,24,25)(H,29,30). The largest absolute Gasteiger partial charge is 0.481 e. The first-order chi connectivity index (χ1) is 14.4. The van der Waals surface area contributed by atoms with Gasteiger partial charge >= 0.3 is 11.9 Å². The number of aliphatic hydroxyl groups excluding tert-OH is 1. The Bertz CT molecular complexity index is 646. The van der Waals surface area contributed by atoms with Gasteiger partial charge in [-0.25, -0.2) is 4.79 Å². The number of carboxylic acid groups (broad SMARTS) is 2. The molecule has 8 N–H and O–H groups in total. The van der Waals surface area contributed by atoms with Crippen molar-refractivity contribution in [1.82, 2.24) is 16.0 Å². The summed E-state index contributed by atoms with van der Waals surface area (Å²) >= 11 is 1.37. The predicted octanol–water partition coefficient (Wildman–Crippen LogP) is -1.88. The molecule has 0 spiro atoms. The van der Waals surface area contributed by atoms with Crippen LogP contribution in [0.3, 0.4) is 0 Å². The first-order valence-electron chi connectivity index (χ1n) is 9.63. The summed E-state index contributed by atoms with van der Waals surface area (Å²) in [5.74, 6) is -4.79. The number of carbonyl (C=O) groups is 5. The van der Waals surface area contributed by atoms with Crippen LogP contribution in [0.15, 0.2) is 0 Å². The van der Waals surface area contributed by atoms with E-state index in [0.29, 0.717) is 12.2 Å². The van der Waals surface area contributed by atoms with Gasteiger partial charge in [0.25, 0.3) is 0 Å². The summed E-state index contributed by atoms with van der Waals surface area (Å²) in [5, 5.41) is 34.1. The van der Waals surface area contributed by atoms with Gasteiger partial charge in [0.05, 0.1) is 19.1 Å². The summed E-state index contributed by atoms with van der Waals surface area (Å²) < 4.78 is 0. The molecule has 0 saturated carbocycles. The summed E-state index contributed by atoms with van der Waals surface area (Å²) in [6.07, 6.45) is 1.39. The highest BCUT2D eigenvalue weighted by atomic mass is 32.2. The van der Waals surface area contributed by atoms with Crippen LogP contribution in [0, 0.1) is 5.92 Å². The van der Waals surface area contributed by atoms with Crippen molar-refractivity contribution >= 4 is 41.4 Å². The number of aliphatic carboxylic acids is 2. The number of aliphatic hydroxyl groups is 1. The molecule has 0 aromatic carbocycles. The topological polar surface area (TPSA) is 208 Å². The zero-order valence-corrected chi connectivity index (χ0v) is 18.6. The average Bonchev–Trinajstić information content (AvgIpc) is 2.67. The molecule has 0 aromatic heterocycles. The van der Waals surface area contributed by atoms with E-state index in [2.05, 4.69) is 16.0 Å². The Morgan fingerprint density at radius 1 is 0.903 bits per heavy atom. The smallest absolute Gasteiger partial charge is 0.326 e. The minimum atomic E-state index is -1.68. The molecule has 0 aliphatic carbocycles. The van der Waals surface area contributed by atoms with Crippen LogP contribution in [-0.2, 0) is 24.0 Å². The molecule has 0 rings (SSSR count). The van der Waals surface area contributed by atoms with E-state index in [9.17, 15) is 29.1 Å². The third kappa shape index (κ3) is 11.5. The zero-order chi connectivity index (χ0) is 24.1. The predicted molar refractivity (Wildman–Crippen MR) is 113 cm³/mol. The summed E-state index contributed by atoms with van der Waals surface area (Å²) in [5.41, 5.74) is 5.76. The number of carbonyl (C=O) groups excluding carboxylic acids is 3. The van der Waals surface area contributed by atoms with Crippen molar-refractivity contribution < 1.29 is 39.3 Å². The molecular formula is C18H32N4O8S. The Morgan fingerprint density at radius 3 is 1.87 bits per heavy atom. The van der Waals surface area contributed by atoms with Crippen molar-refractivity contribution in [2.45, 2.75) is 57.3 Å². The van der Waals surface area contributed by atoms with Crippen LogP contribution in [0.1, 0.15) is 33.1 Å². The van der Waals surface area contributed by atoms with Crippen molar-refractivity contribution in [2.75, 3.05) is 18.6 Å². The maximum atomic E-state index is 12.5. The minimum absolute atomic E-state index is 0.108. The van der Waals surface area contributed by atoms with Gasteiger partial charge in [-0.05, 0) is 30.8 Å². The Hall–Kier alpha value is -2.38. The number of nitrogens with two attached hydrogens (primary N) is 1. The molecule has 0 fully saturated rings. The molecule has 0 aromatic rings. The van der Waals surface area contributed by atoms with E-state index in [1.807, 2.05) is 13.8 Å². The number of nitrogens with one attached hydrogen (secondary N) is 3. The number of rotatable bonds is 15. The van der Waals surface area contributed by atoms with Gasteiger partial charge in [-0.2, -0.15) is 11.8 Å². The van der Waals surface area contributed by atoms with E-state index in [0.717, 1.165) is 0 Å². The van der Waals surface area contributed by atoms with Crippen molar-refractivity contribution in [2.24, 2.45) is 11.7 Å². The van der Waals surface area contributed by atoms with Gasteiger partial charge < -0.3 is 37.0 Å². The van der Waals surface area contributed by atoms with E-state index in [1.54, 1.807) is 6.26 Å². The monoisotopic (exact) mass is 464 g/mol. The van der Waals surface area contributed by atoms with E-state index in [1.165, 1.54) is 11.8 Å². The van der Waals surface area contributed by atoms with Crippen LogP contribution in [0.5, 0.6) is 0 Å². The van der Waals surface area contributed by atoms with E-state index in [4.69, 9.17) is 15.9 Å². The number of amides is 3. The zero-order valence-electron chi connectivity index (χ0n) is 17.8. The van der Waals surface area contributed by atoms with Crippen LogP contribution >= 0.6 is 11.8 Å². The molecule has 12 nitrogen and oxygen atoms in total. The van der Waals surface area contributed by atoms with E-state index in [-0.39, 0.29) is 12.3 Å². The number of carboxylic acids is 2. The molecule has 0 radical (unpaired) electrons. The molecule has 0 aliphatic heterocycles. The van der Waals surface area contributed by atoms with Crippen molar-refractivity contribution in [3.8, 4) is 0 Å². The summed E-state index contributed by atoms with van der Waals surface area (Å²) in [6.45, 7) is 2.99. The van der Waals surface area contributed by atoms with Crippen molar-refractivity contribution in [3.63, 3.8) is 0 Å². The number of hydrogen-bond donors (Lipinski definition) is 7. The lowest BCUT2D eigenvalue weighted by Gasteiger charge is -2.24. The lowest BCUT2D eigenvalue weighted by atomic mass is 10.0. The molecule has 4 atom stereocenters.